The fraction of sp³-hybridized carbons (Fsp3) is 1.00. The van der Waals surface area contributed by atoms with Crippen molar-refractivity contribution < 1.29 is 5.11 Å². The molecule has 1 atom stereocenters. The zero-order valence-electron chi connectivity index (χ0n) is 8.52. The Kier molecular flexibility index (Phi) is 3.09. The minimum atomic E-state index is -0.660. The van der Waals surface area contributed by atoms with Gasteiger partial charge in [0.15, 0.2) is 0 Å². The zero-order chi connectivity index (χ0) is 9.28. The molecule has 0 bridgehead atoms. The van der Waals surface area contributed by atoms with E-state index < -0.39 is 5.60 Å². The van der Waals surface area contributed by atoms with Crippen LogP contribution < -0.4 is 5.32 Å². The maximum Gasteiger partial charge on any atom is 0.0749 e. The zero-order valence-corrected chi connectivity index (χ0v) is 8.52. The molecule has 0 aliphatic rings. The molecular formula is C9H21NO. The number of hydrogen-bond acceptors (Lipinski definition) is 2. The summed E-state index contributed by atoms with van der Waals surface area (Å²) in [5.74, 6) is 0. The molecule has 2 N–H and O–H groups in total. The van der Waals surface area contributed by atoms with Crippen LogP contribution in [-0.2, 0) is 0 Å². The lowest BCUT2D eigenvalue weighted by molar-refractivity contribution is -0.00158. The van der Waals surface area contributed by atoms with Crippen molar-refractivity contribution in [2.75, 3.05) is 7.05 Å². The smallest absolute Gasteiger partial charge is 0.0749 e. The molecule has 0 heterocycles. The van der Waals surface area contributed by atoms with Crippen molar-refractivity contribution in [3.63, 3.8) is 0 Å². The van der Waals surface area contributed by atoms with Gasteiger partial charge in [0, 0.05) is 6.04 Å². The number of likely N-dealkylation sites (N-methyl/N-ethyl adjacent to an activating group) is 1. The third-order valence-corrected chi connectivity index (χ3v) is 1.86. The molecule has 0 aromatic heterocycles. The second kappa shape index (κ2) is 3.11. The highest BCUT2D eigenvalue weighted by Gasteiger charge is 2.34. The van der Waals surface area contributed by atoms with Gasteiger partial charge < -0.3 is 10.4 Å². The molecule has 0 aromatic carbocycles. The van der Waals surface area contributed by atoms with Crippen molar-refractivity contribution in [2.45, 2.75) is 46.3 Å². The number of aliphatic hydroxyl groups is 1. The summed E-state index contributed by atoms with van der Waals surface area (Å²) >= 11 is 0. The predicted molar refractivity (Wildman–Crippen MR) is 48.6 cm³/mol. The molecule has 0 saturated carbocycles. The highest BCUT2D eigenvalue weighted by molar-refractivity contribution is 4.91. The van der Waals surface area contributed by atoms with E-state index in [-0.39, 0.29) is 11.5 Å². The van der Waals surface area contributed by atoms with Crippen molar-refractivity contribution >= 4 is 0 Å². The van der Waals surface area contributed by atoms with Crippen LogP contribution in [0.5, 0.6) is 0 Å². The van der Waals surface area contributed by atoms with Crippen molar-refractivity contribution in [3.05, 3.63) is 0 Å². The van der Waals surface area contributed by atoms with Gasteiger partial charge in [0.05, 0.1) is 5.60 Å². The van der Waals surface area contributed by atoms with Crippen LogP contribution in [0, 0.1) is 5.41 Å². The SMILES string of the molecule is CNC(C(C)(C)C)C(C)(C)O. The Morgan fingerprint density at radius 3 is 1.45 bits per heavy atom. The second-order valence-electron chi connectivity index (χ2n) is 4.74. The summed E-state index contributed by atoms with van der Waals surface area (Å²) in [6, 6.07) is 0.120. The van der Waals surface area contributed by atoms with Gasteiger partial charge in [-0.25, -0.2) is 0 Å². The van der Waals surface area contributed by atoms with Gasteiger partial charge in [-0.1, -0.05) is 20.8 Å². The maximum absolute atomic E-state index is 9.75. The summed E-state index contributed by atoms with van der Waals surface area (Å²) in [4.78, 5) is 0. The molecule has 0 saturated heterocycles. The topological polar surface area (TPSA) is 32.3 Å². The highest BCUT2D eigenvalue weighted by atomic mass is 16.3. The highest BCUT2D eigenvalue weighted by Crippen LogP contribution is 2.27. The van der Waals surface area contributed by atoms with E-state index in [2.05, 4.69) is 26.1 Å². The Morgan fingerprint density at radius 1 is 1.09 bits per heavy atom. The molecule has 1 unspecified atom stereocenters. The first-order chi connectivity index (χ1) is 4.69. The monoisotopic (exact) mass is 159 g/mol. The number of hydrogen-bond donors (Lipinski definition) is 2. The minimum absolute atomic E-state index is 0.0903. The van der Waals surface area contributed by atoms with E-state index >= 15 is 0 Å². The summed E-state index contributed by atoms with van der Waals surface area (Å²) < 4.78 is 0. The van der Waals surface area contributed by atoms with Crippen LogP contribution in [0.15, 0.2) is 0 Å². The van der Waals surface area contributed by atoms with Crippen molar-refractivity contribution in [1.82, 2.24) is 5.32 Å². The van der Waals surface area contributed by atoms with Gasteiger partial charge in [0.2, 0.25) is 0 Å². The first-order valence-corrected chi connectivity index (χ1v) is 4.09. The molecule has 68 valence electrons. The molecule has 0 aliphatic carbocycles. The normalized spacial score (nSPS) is 16.6. The van der Waals surface area contributed by atoms with Gasteiger partial charge >= 0.3 is 0 Å². The maximum atomic E-state index is 9.75. The number of rotatable bonds is 2. The van der Waals surface area contributed by atoms with Crippen LogP contribution in [0.25, 0.3) is 0 Å². The van der Waals surface area contributed by atoms with E-state index in [4.69, 9.17) is 0 Å². The molecule has 0 rings (SSSR count). The average Bonchev–Trinajstić information content (AvgIpc) is 1.56. The van der Waals surface area contributed by atoms with Crippen LogP contribution in [-0.4, -0.2) is 23.8 Å². The van der Waals surface area contributed by atoms with E-state index in [0.29, 0.717) is 0 Å². The Balaban J connectivity index is 4.43. The van der Waals surface area contributed by atoms with Crippen LogP contribution >= 0.6 is 0 Å². The third-order valence-electron chi connectivity index (χ3n) is 1.86. The van der Waals surface area contributed by atoms with E-state index in [1.54, 1.807) is 0 Å². The van der Waals surface area contributed by atoms with Crippen LogP contribution in [0.4, 0.5) is 0 Å². The first kappa shape index (κ1) is 10.9. The van der Waals surface area contributed by atoms with E-state index in [1.807, 2.05) is 20.9 Å². The predicted octanol–water partition coefficient (Wildman–Crippen LogP) is 1.39. The Morgan fingerprint density at radius 2 is 1.45 bits per heavy atom. The average molecular weight is 159 g/mol. The molecule has 2 nitrogen and oxygen atoms in total. The van der Waals surface area contributed by atoms with E-state index in [9.17, 15) is 5.11 Å². The summed E-state index contributed by atoms with van der Waals surface area (Å²) in [6.45, 7) is 10.0. The molecule has 2 heteroatoms. The molecule has 0 aliphatic heterocycles. The van der Waals surface area contributed by atoms with Gasteiger partial charge in [-0.2, -0.15) is 0 Å². The summed E-state index contributed by atoms with van der Waals surface area (Å²) in [5, 5.41) is 12.9. The summed E-state index contributed by atoms with van der Waals surface area (Å²) in [6.07, 6.45) is 0. The van der Waals surface area contributed by atoms with Gasteiger partial charge in [0.25, 0.3) is 0 Å². The largest absolute Gasteiger partial charge is 0.389 e. The standard InChI is InChI=1S/C9H21NO/c1-8(2,3)7(10-6)9(4,5)11/h7,10-11H,1-6H3. The minimum Gasteiger partial charge on any atom is -0.389 e. The Hall–Kier alpha value is -0.0800. The van der Waals surface area contributed by atoms with E-state index in [1.165, 1.54) is 0 Å². The Labute approximate surface area is 70.0 Å². The van der Waals surface area contributed by atoms with Gasteiger partial charge in [-0.15, -0.1) is 0 Å². The quantitative estimate of drug-likeness (QED) is 0.638. The third kappa shape index (κ3) is 3.21. The lowest BCUT2D eigenvalue weighted by atomic mass is 9.78. The van der Waals surface area contributed by atoms with Gasteiger partial charge in [0.1, 0.15) is 0 Å². The lowest BCUT2D eigenvalue weighted by Crippen LogP contribution is -2.53. The van der Waals surface area contributed by atoms with Crippen LogP contribution in [0.1, 0.15) is 34.6 Å². The van der Waals surface area contributed by atoms with Gasteiger partial charge in [-0.05, 0) is 26.3 Å². The summed E-state index contributed by atoms with van der Waals surface area (Å²) in [5.41, 5.74) is -0.569. The lowest BCUT2D eigenvalue weighted by Gasteiger charge is -2.39. The molecule has 0 aromatic rings. The number of nitrogens with one attached hydrogen (secondary N) is 1. The molecule has 0 fully saturated rings. The Bertz CT molecular complexity index is 105. The first-order valence-electron chi connectivity index (χ1n) is 4.09. The molecule has 0 amide bonds. The summed E-state index contributed by atoms with van der Waals surface area (Å²) in [7, 11) is 1.88. The van der Waals surface area contributed by atoms with Crippen molar-refractivity contribution in [3.8, 4) is 0 Å². The molecule has 0 spiro atoms. The fourth-order valence-corrected chi connectivity index (χ4v) is 1.85. The van der Waals surface area contributed by atoms with Crippen LogP contribution in [0.2, 0.25) is 0 Å². The van der Waals surface area contributed by atoms with Crippen LogP contribution in [0.3, 0.4) is 0 Å². The molecule has 0 radical (unpaired) electrons. The second-order valence-corrected chi connectivity index (χ2v) is 4.74. The van der Waals surface area contributed by atoms with Crippen molar-refractivity contribution in [2.24, 2.45) is 5.41 Å². The fourth-order valence-electron chi connectivity index (χ4n) is 1.85. The van der Waals surface area contributed by atoms with E-state index in [0.717, 1.165) is 0 Å². The molecular weight excluding hydrogens is 138 g/mol. The van der Waals surface area contributed by atoms with Gasteiger partial charge in [-0.3, -0.25) is 0 Å². The molecule has 11 heavy (non-hydrogen) atoms. The van der Waals surface area contributed by atoms with Crippen molar-refractivity contribution in [1.29, 1.82) is 0 Å².